The molecule has 1 aliphatic rings. The fourth-order valence-electron chi connectivity index (χ4n) is 4.69. The Kier molecular flexibility index (Phi) is 10.2. The number of carbonyl (C=O) groups is 2. The summed E-state index contributed by atoms with van der Waals surface area (Å²) in [6, 6.07) is 13.8. The molecule has 0 aliphatic carbocycles. The van der Waals surface area contributed by atoms with Gasteiger partial charge in [-0.15, -0.1) is 0 Å². The van der Waals surface area contributed by atoms with E-state index < -0.39 is 29.7 Å². The number of aliphatic hydroxyl groups excluding tert-OH is 1. The summed E-state index contributed by atoms with van der Waals surface area (Å²) in [7, 11) is 1.55. The Morgan fingerprint density at radius 2 is 1.76 bits per heavy atom. The summed E-state index contributed by atoms with van der Waals surface area (Å²) in [5, 5.41) is 30.3. The molecular weight excluding hydrogens is 534 g/mol. The maximum Gasteiger partial charge on any atom is 0.257 e. The van der Waals surface area contributed by atoms with Crippen LogP contribution < -0.4 is 20.7 Å². The van der Waals surface area contributed by atoms with E-state index >= 15 is 0 Å². The first-order chi connectivity index (χ1) is 19.7. The van der Waals surface area contributed by atoms with Crippen molar-refractivity contribution in [2.45, 2.75) is 25.1 Å². The number of methoxy groups -OCH3 is 1. The second-order valence-corrected chi connectivity index (χ2v) is 9.87. The summed E-state index contributed by atoms with van der Waals surface area (Å²) < 4.78 is 33.0. The summed E-state index contributed by atoms with van der Waals surface area (Å²) in [6.07, 6.45) is -1.06. The van der Waals surface area contributed by atoms with Gasteiger partial charge in [-0.2, -0.15) is 0 Å². The molecule has 1 unspecified atom stereocenters. The summed E-state index contributed by atoms with van der Waals surface area (Å²) in [6.45, 7) is 2.38. The maximum absolute atomic E-state index is 13.9. The van der Waals surface area contributed by atoms with Gasteiger partial charge in [-0.25, -0.2) is 8.78 Å². The standard InChI is InChI=1S/C30H34F2N4O5/c1-41-24-4-2-3-19(13-24)17-34-26(14-20-11-22(31)16-23(32)12-20)28(38)18-35-29(39)21-5-6-27(37)25(15-21)30(40)36-9-7-33-8-10-36/h2-6,11-13,15-16,26,28,33-34,37-38H,7-10,14,17-18H2,1H3,(H,35,39)/t26?,28-/m1/s1. The van der Waals surface area contributed by atoms with Crippen LogP contribution in [0.4, 0.5) is 8.78 Å². The molecule has 4 rings (SSSR count). The zero-order valence-corrected chi connectivity index (χ0v) is 22.7. The van der Waals surface area contributed by atoms with E-state index in [1.807, 2.05) is 18.2 Å². The van der Waals surface area contributed by atoms with Crippen molar-refractivity contribution < 1.29 is 33.3 Å². The minimum Gasteiger partial charge on any atom is -0.507 e. The summed E-state index contributed by atoms with van der Waals surface area (Å²) in [5.74, 6) is -1.95. The molecule has 2 atom stereocenters. The molecule has 3 aromatic rings. The lowest BCUT2D eigenvalue weighted by Crippen LogP contribution is -2.47. The lowest BCUT2D eigenvalue weighted by molar-refractivity contribution is 0.0732. The Hall–Kier alpha value is -4.06. The van der Waals surface area contributed by atoms with Crippen LogP contribution in [0.5, 0.6) is 11.5 Å². The predicted octanol–water partition coefficient (Wildman–Crippen LogP) is 2.22. The minimum absolute atomic E-state index is 0.0195. The van der Waals surface area contributed by atoms with E-state index in [-0.39, 0.29) is 35.7 Å². The Morgan fingerprint density at radius 1 is 1.02 bits per heavy atom. The van der Waals surface area contributed by atoms with Gasteiger partial charge in [-0.3, -0.25) is 9.59 Å². The van der Waals surface area contributed by atoms with Crippen molar-refractivity contribution in [2.24, 2.45) is 0 Å². The molecule has 0 bridgehead atoms. The van der Waals surface area contributed by atoms with Crippen molar-refractivity contribution in [1.29, 1.82) is 0 Å². The van der Waals surface area contributed by atoms with Gasteiger partial charge < -0.3 is 35.8 Å². The van der Waals surface area contributed by atoms with E-state index in [1.165, 1.54) is 30.3 Å². The Balaban J connectivity index is 1.44. The lowest BCUT2D eigenvalue weighted by Gasteiger charge is -2.27. The number of nitrogens with zero attached hydrogens (tertiary/aromatic N) is 1. The summed E-state index contributed by atoms with van der Waals surface area (Å²) >= 11 is 0. The first-order valence-electron chi connectivity index (χ1n) is 13.3. The summed E-state index contributed by atoms with van der Waals surface area (Å²) in [5.41, 5.74) is 1.36. The molecule has 41 heavy (non-hydrogen) atoms. The number of halogens is 2. The number of ether oxygens (including phenoxy) is 1. The lowest BCUT2D eigenvalue weighted by atomic mass is 10.00. The molecule has 0 spiro atoms. The van der Waals surface area contributed by atoms with Crippen LogP contribution in [0, 0.1) is 11.6 Å². The number of carbonyl (C=O) groups excluding carboxylic acids is 2. The first kappa shape index (κ1) is 29.9. The van der Waals surface area contributed by atoms with Crippen LogP contribution in [0.1, 0.15) is 31.8 Å². The number of aliphatic hydroxyl groups is 1. The second kappa shape index (κ2) is 14.0. The van der Waals surface area contributed by atoms with Crippen LogP contribution in [0.15, 0.2) is 60.7 Å². The average molecular weight is 569 g/mol. The fraction of sp³-hybridized carbons (Fsp3) is 0.333. The van der Waals surface area contributed by atoms with Gasteiger partial charge in [-0.05, 0) is 60.0 Å². The van der Waals surface area contributed by atoms with Gasteiger partial charge in [0.25, 0.3) is 11.8 Å². The number of aromatic hydroxyl groups is 1. The molecule has 9 nitrogen and oxygen atoms in total. The van der Waals surface area contributed by atoms with Crippen molar-refractivity contribution in [2.75, 3.05) is 39.8 Å². The topological polar surface area (TPSA) is 123 Å². The van der Waals surface area contributed by atoms with Gasteiger partial charge in [0.1, 0.15) is 23.1 Å². The van der Waals surface area contributed by atoms with E-state index in [1.54, 1.807) is 18.1 Å². The average Bonchev–Trinajstić information content (AvgIpc) is 2.97. The predicted molar refractivity (Wildman–Crippen MR) is 149 cm³/mol. The third-order valence-corrected chi connectivity index (χ3v) is 6.91. The number of piperazine rings is 1. The molecule has 0 radical (unpaired) electrons. The SMILES string of the molecule is COc1cccc(CNC(Cc2cc(F)cc(F)c2)[C@H](O)CNC(=O)c2ccc(O)c(C(=O)N3CCNCC3)c2)c1. The molecule has 1 fully saturated rings. The van der Waals surface area contributed by atoms with Crippen molar-refractivity contribution in [3.63, 3.8) is 0 Å². The number of phenolic OH excluding ortho intramolecular Hbond substituents is 1. The molecule has 0 aromatic heterocycles. The van der Waals surface area contributed by atoms with Crippen molar-refractivity contribution in [3.05, 3.63) is 94.6 Å². The highest BCUT2D eigenvalue weighted by Crippen LogP contribution is 2.21. The number of rotatable bonds is 11. The smallest absolute Gasteiger partial charge is 0.257 e. The van der Waals surface area contributed by atoms with Crippen LogP contribution in [0.25, 0.3) is 0 Å². The number of hydrogen-bond donors (Lipinski definition) is 5. The van der Waals surface area contributed by atoms with Gasteiger partial charge in [-0.1, -0.05) is 12.1 Å². The molecule has 5 N–H and O–H groups in total. The summed E-state index contributed by atoms with van der Waals surface area (Å²) in [4.78, 5) is 27.5. The number of phenols is 1. The minimum atomic E-state index is -1.14. The number of hydrogen-bond acceptors (Lipinski definition) is 7. The highest BCUT2D eigenvalue weighted by atomic mass is 19.1. The third-order valence-electron chi connectivity index (χ3n) is 6.91. The number of benzene rings is 3. The van der Waals surface area contributed by atoms with E-state index in [2.05, 4.69) is 16.0 Å². The molecule has 1 aliphatic heterocycles. The van der Waals surface area contributed by atoms with Gasteiger partial charge in [0.2, 0.25) is 0 Å². The third kappa shape index (κ3) is 8.23. The molecule has 1 saturated heterocycles. The fourth-order valence-corrected chi connectivity index (χ4v) is 4.69. The monoisotopic (exact) mass is 568 g/mol. The Labute approximate surface area is 237 Å². The van der Waals surface area contributed by atoms with Crippen LogP contribution in [0.2, 0.25) is 0 Å². The highest BCUT2D eigenvalue weighted by Gasteiger charge is 2.24. The zero-order chi connectivity index (χ0) is 29.4. The van der Waals surface area contributed by atoms with E-state index in [9.17, 15) is 28.6 Å². The zero-order valence-electron chi connectivity index (χ0n) is 22.7. The van der Waals surface area contributed by atoms with Crippen LogP contribution in [-0.4, -0.2) is 78.9 Å². The molecular formula is C30H34F2N4O5. The highest BCUT2D eigenvalue weighted by molar-refractivity contribution is 6.01. The van der Waals surface area contributed by atoms with E-state index in [4.69, 9.17) is 4.74 Å². The van der Waals surface area contributed by atoms with Crippen LogP contribution in [-0.2, 0) is 13.0 Å². The van der Waals surface area contributed by atoms with Gasteiger partial charge in [0.15, 0.2) is 0 Å². The Bertz CT molecular complexity index is 1350. The quantitative estimate of drug-likeness (QED) is 0.240. The van der Waals surface area contributed by atoms with Crippen LogP contribution in [0.3, 0.4) is 0 Å². The number of amides is 2. The molecule has 218 valence electrons. The van der Waals surface area contributed by atoms with Crippen molar-refractivity contribution in [3.8, 4) is 11.5 Å². The van der Waals surface area contributed by atoms with Crippen LogP contribution >= 0.6 is 0 Å². The van der Waals surface area contributed by atoms with Gasteiger partial charge in [0.05, 0.1) is 18.8 Å². The van der Waals surface area contributed by atoms with Gasteiger partial charge in [0, 0.05) is 56.9 Å². The first-order valence-corrected chi connectivity index (χ1v) is 13.3. The molecule has 3 aromatic carbocycles. The largest absolute Gasteiger partial charge is 0.507 e. The molecule has 2 amide bonds. The second-order valence-electron chi connectivity index (χ2n) is 9.87. The maximum atomic E-state index is 13.9. The van der Waals surface area contributed by atoms with E-state index in [0.29, 0.717) is 44.0 Å². The molecule has 1 heterocycles. The molecule has 11 heteroatoms. The number of nitrogens with one attached hydrogen (secondary N) is 3. The van der Waals surface area contributed by atoms with E-state index in [0.717, 1.165) is 11.6 Å². The van der Waals surface area contributed by atoms with Gasteiger partial charge >= 0.3 is 0 Å². The van der Waals surface area contributed by atoms with Crippen molar-refractivity contribution >= 4 is 11.8 Å². The van der Waals surface area contributed by atoms with Crippen molar-refractivity contribution in [1.82, 2.24) is 20.9 Å². The Morgan fingerprint density at radius 3 is 2.46 bits per heavy atom. The molecule has 0 saturated carbocycles. The normalized spacial score (nSPS) is 14.8.